The van der Waals surface area contributed by atoms with Gasteiger partial charge < -0.3 is 9.64 Å². The Morgan fingerprint density at radius 2 is 2.09 bits per heavy atom. The van der Waals surface area contributed by atoms with Crippen LogP contribution in [-0.4, -0.2) is 71.2 Å². The van der Waals surface area contributed by atoms with Crippen molar-refractivity contribution in [1.29, 1.82) is 0 Å². The normalized spacial score (nSPS) is 16.1. The van der Waals surface area contributed by atoms with Gasteiger partial charge in [0.25, 0.3) is 0 Å². The molecule has 0 saturated carbocycles. The molecular weight excluding hydrogens is 292 g/mol. The molecule has 3 rings (SSSR count). The Hall–Kier alpha value is -1.73. The molecule has 3 heterocycles. The van der Waals surface area contributed by atoms with Crippen molar-refractivity contribution in [2.75, 3.05) is 51.3 Å². The second-order valence-electron chi connectivity index (χ2n) is 6.06. The van der Waals surface area contributed by atoms with Crippen molar-refractivity contribution in [3.05, 3.63) is 18.1 Å². The summed E-state index contributed by atoms with van der Waals surface area (Å²) in [6, 6.07) is 2.13. The molecular formula is C16H26N6O. The molecule has 7 nitrogen and oxygen atoms in total. The summed E-state index contributed by atoms with van der Waals surface area (Å²) < 4.78 is 7.16. The lowest BCUT2D eigenvalue weighted by atomic mass is 10.2. The van der Waals surface area contributed by atoms with E-state index in [0.717, 1.165) is 69.3 Å². The molecule has 0 spiro atoms. The predicted molar refractivity (Wildman–Crippen MR) is 89.9 cm³/mol. The first kappa shape index (κ1) is 16.1. The number of aryl methyl sites for hydroxylation is 1. The van der Waals surface area contributed by atoms with E-state index in [0.29, 0.717) is 0 Å². The van der Waals surface area contributed by atoms with E-state index in [-0.39, 0.29) is 0 Å². The molecule has 0 bridgehead atoms. The van der Waals surface area contributed by atoms with Crippen LogP contribution < -0.4 is 4.90 Å². The van der Waals surface area contributed by atoms with E-state index in [2.05, 4.69) is 45.1 Å². The number of fused-ring (bicyclic) bond motifs is 1. The fourth-order valence-corrected chi connectivity index (χ4v) is 2.94. The Balaban J connectivity index is 1.55. The second-order valence-corrected chi connectivity index (χ2v) is 6.06. The van der Waals surface area contributed by atoms with Crippen molar-refractivity contribution in [2.24, 2.45) is 0 Å². The maximum atomic E-state index is 5.39. The zero-order chi connectivity index (χ0) is 16.1. The highest BCUT2D eigenvalue weighted by Gasteiger charge is 2.12. The molecule has 1 saturated heterocycles. The highest BCUT2D eigenvalue weighted by atomic mass is 16.5. The van der Waals surface area contributed by atoms with E-state index >= 15 is 0 Å². The number of anilines is 1. The van der Waals surface area contributed by atoms with Gasteiger partial charge >= 0.3 is 0 Å². The smallest absolute Gasteiger partial charge is 0.200 e. The Morgan fingerprint density at radius 1 is 1.26 bits per heavy atom. The summed E-state index contributed by atoms with van der Waals surface area (Å²) in [7, 11) is 2.12. The zero-order valence-corrected chi connectivity index (χ0v) is 14.1. The van der Waals surface area contributed by atoms with Gasteiger partial charge in [-0.1, -0.05) is 6.92 Å². The van der Waals surface area contributed by atoms with Gasteiger partial charge in [0, 0.05) is 26.7 Å². The minimum atomic E-state index is 0.831. The second kappa shape index (κ2) is 7.70. The van der Waals surface area contributed by atoms with Gasteiger partial charge in [0.2, 0.25) is 5.65 Å². The van der Waals surface area contributed by atoms with E-state index in [9.17, 15) is 0 Å². The average molecular weight is 318 g/mol. The summed E-state index contributed by atoms with van der Waals surface area (Å²) in [6.07, 6.45) is 4.95. The first-order chi connectivity index (χ1) is 11.3. The van der Waals surface area contributed by atoms with Gasteiger partial charge in [-0.15, -0.1) is 10.2 Å². The van der Waals surface area contributed by atoms with Crippen LogP contribution in [0.15, 0.2) is 12.4 Å². The number of unbranched alkanes of at least 4 members (excludes halogenated alkanes) is 1. The van der Waals surface area contributed by atoms with Crippen LogP contribution in [0.4, 0.5) is 5.69 Å². The zero-order valence-electron chi connectivity index (χ0n) is 14.1. The quantitative estimate of drug-likeness (QED) is 0.716. The van der Waals surface area contributed by atoms with Gasteiger partial charge in [-0.25, -0.2) is 0 Å². The highest BCUT2D eigenvalue weighted by Crippen LogP contribution is 2.19. The standard InChI is InChI=1S/C16H26N6O/c1-3-14-12-15(16-18-17-13-22(16)19-14)20(2)6-4-5-7-21-8-10-23-11-9-21/h12-13H,3-11H2,1-2H3. The molecule has 0 amide bonds. The van der Waals surface area contributed by atoms with Crippen molar-refractivity contribution in [3.63, 3.8) is 0 Å². The van der Waals surface area contributed by atoms with Crippen LogP contribution in [0.25, 0.3) is 5.65 Å². The summed E-state index contributed by atoms with van der Waals surface area (Å²) in [6.45, 7) is 8.18. The monoisotopic (exact) mass is 318 g/mol. The average Bonchev–Trinajstić information content (AvgIpc) is 3.07. The molecule has 2 aromatic rings. The van der Waals surface area contributed by atoms with Gasteiger partial charge in [-0.2, -0.15) is 9.61 Å². The molecule has 1 fully saturated rings. The number of nitrogens with zero attached hydrogens (tertiary/aromatic N) is 6. The summed E-state index contributed by atoms with van der Waals surface area (Å²) in [5.41, 5.74) is 3.01. The molecule has 0 N–H and O–H groups in total. The van der Waals surface area contributed by atoms with Crippen LogP contribution in [0.3, 0.4) is 0 Å². The van der Waals surface area contributed by atoms with Crippen LogP contribution in [-0.2, 0) is 11.2 Å². The largest absolute Gasteiger partial charge is 0.379 e. The number of rotatable bonds is 7. The van der Waals surface area contributed by atoms with E-state index < -0.39 is 0 Å². The number of hydrogen-bond donors (Lipinski definition) is 0. The molecule has 0 radical (unpaired) electrons. The lowest BCUT2D eigenvalue weighted by Gasteiger charge is -2.27. The lowest BCUT2D eigenvalue weighted by Crippen LogP contribution is -2.37. The number of hydrogen-bond acceptors (Lipinski definition) is 6. The Bertz CT molecular complexity index is 622. The Morgan fingerprint density at radius 3 is 2.87 bits per heavy atom. The summed E-state index contributed by atoms with van der Waals surface area (Å²) in [5.74, 6) is 0. The fraction of sp³-hybridized carbons (Fsp3) is 0.688. The van der Waals surface area contributed by atoms with Crippen LogP contribution in [0.1, 0.15) is 25.5 Å². The van der Waals surface area contributed by atoms with Crippen molar-refractivity contribution in [3.8, 4) is 0 Å². The van der Waals surface area contributed by atoms with Crippen LogP contribution >= 0.6 is 0 Å². The maximum Gasteiger partial charge on any atom is 0.200 e. The summed E-state index contributed by atoms with van der Waals surface area (Å²) >= 11 is 0. The van der Waals surface area contributed by atoms with E-state index in [1.165, 1.54) is 6.42 Å². The molecule has 0 unspecified atom stereocenters. The third-order valence-electron chi connectivity index (χ3n) is 4.39. The van der Waals surface area contributed by atoms with Crippen molar-refractivity contribution in [1.82, 2.24) is 24.7 Å². The molecule has 1 aliphatic rings. The molecule has 23 heavy (non-hydrogen) atoms. The van der Waals surface area contributed by atoms with Crippen LogP contribution in [0.5, 0.6) is 0 Å². The molecule has 0 aliphatic carbocycles. The van der Waals surface area contributed by atoms with Gasteiger partial charge in [0.05, 0.1) is 24.6 Å². The number of ether oxygens (including phenoxy) is 1. The SMILES string of the molecule is CCc1cc(N(C)CCCCN2CCOCC2)c2nncn2n1. The molecule has 126 valence electrons. The van der Waals surface area contributed by atoms with Crippen LogP contribution in [0.2, 0.25) is 0 Å². The van der Waals surface area contributed by atoms with Gasteiger partial charge in [0.15, 0.2) is 0 Å². The molecule has 0 aromatic carbocycles. The first-order valence-corrected chi connectivity index (χ1v) is 8.49. The molecule has 1 aliphatic heterocycles. The minimum absolute atomic E-state index is 0.831. The van der Waals surface area contributed by atoms with Gasteiger partial charge in [-0.05, 0) is 31.9 Å². The maximum absolute atomic E-state index is 5.39. The van der Waals surface area contributed by atoms with Gasteiger partial charge in [-0.3, -0.25) is 4.90 Å². The predicted octanol–water partition coefficient (Wildman–Crippen LogP) is 1.24. The number of morpholine rings is 1. The third-order valence-corrected chi connectivity index (χ3v) is 4.39. The fourth-order valence-electron chi connectivity index (χ4n) is 2.94. The van der Waals surface area contributed by atoms with Crippen LogP contribution in [0, 0.1) is 0 Å². The van der Waals surface area contributed by atoms with E-state index in [1.54, 1.807) is 10.8 Å². The van der Waals surface area contributed by atoms with Crippen molar-refractivity contribution >= 4 is 11.3 Å². The van der Waals surface area contributed by atoms with E-state index in [4.69, 9.17) is 4.74 Å². The van der Waals surface area contributed by atoms with Crippen molar-refractivity contribution < 1.29 is 4.74 Å². The van der Waals surface area contributed by atoms with E-state index in [1.807, 2.05) is 0 Å². The topological polar surface area (TPSA) is 58.8 Å². The Labute approximate surface area is 137 Å². The minimum Gasteiger partial charge on any atom is -0.379 e. The van der Waals surface area contributed by atoms with Crippen molar-refractivity contribution in [2.45, 2.75) is 26.2 Å². The highest BCUT2D eigenvalue weighted by molar-refractivity contribution is 5.67. The summed E-state index contributed by atoms with van der Waals surface area (Å²) in [4.78, 5) is 4.76. The molecule has 2 aromatic heterocycles. The number of aromatic nitrogens is 4. The van der Waals surface area contributed by atoms with Gasteiger partial charge in [0.1, 0.15) is 6.33 Å². The third kappa shape index (κ3) is 3.97. The molecule has 0 atom stereocenters. The first-order valence-electron chi connectivity index (χ1n) is 8.49. The Kier molecular flexibility index (Phi) is 5.40. The summed E-state index contributed by atoms with van der Waals surface area (Å²) in [5, 5.41) is 12.7. The lowest BCUT2D eigenvalue weighted by molar-refractivity contribution is 0.0372. The molecule has 7 heteroatoms.